The number of hydrogen-bond donors (Lipinski definition) is 1. The van der Waals surface area contributed by atoms with Gasteiger partial charge in [0.05, 0.1) is 11.6 Å². The lowest BCUT2D eigenvalue weighted by atomic mass is 10.1. The van der Waals surface area contributed by atoms with Crippen LogP contribution in [0.4, 0.5) is 0 Å². The average Bonchev–Trinajstić information content (AvgIpc) is 2.26. The lowest BCUT2D eigenvalue weighted by molar-refractivity contribution is 0.254. The van der Waals surface area contributed by atoms with Crippen LogP contribution in [0.2, 0.25) is 5.02 Å². The highest BCUT2D eigenvalue weighted by atomic mass is 79.9. The molecule has 1 nitrogen and oxygen atoms in total. The van der Waals surface area contributed by atoms with Gasteiger partial charge in [-0.3, -0.25) is 0 Å². The van der Waals surface area contributed by atoms with E-state index in [-0.39, 0.29) is 0 Å². The summed E-state index contributed by atoms with van der Waals surface area (Å²) in [7, 11) is 0. The minimum Gasteiger partial charge on any atom is -0.492 e. The molecule has 1 aromatic carbocycles. The van der Waals surface area contributed by atoms with Crippen LogP contribution in [-0.2, 0) is 0 Å². The number of rotatable bonds is 6. The molecule has 16 heavy (non-hydrogen) atoms. The predicted molar refractivity (Wildman–Crippen MR) is 76.9 cm³/mol. The Hall–Kier alpha value is 0.140. The Labute approximate surface area is 116 Å². The summed E-state index contributed by atoms with van der Waals surface area (Å²) >= 11 is 13.7. The van der Waals surface area contributed by atoms with Gasteiger partial charge in [-0.1, -0.05) is 40.9 Å². The van der Waals surface area contributed by atoms with Crippen molar-refractivity contribution in [1.82, 2.24) is 0 Å². The van der Waals surface area contributed by atoms with Crippen LogP contribution in [0, 0.1) is 5.92 Å². The Balaban J connectivity index is 2.53. The van der Waals surface area contributed by atoms with E-state index in [1.54, 1.807) is 0 Å². The SMILES string of the molecule is CCCC(CS)COc1ccc(Br)cc1Cl. The summed E-state index contributed by atoms with van der Waals surface area (Å²) in [5.41, 5.74) is 0. The summed E-state index contributed by atoms with van der Waals surface area (Å²) < 4.78 is 6.66. The molecular formula is C12H16BrClOS. The van der Waals surface area contributed by atoms with Crippen molar-refractivity contribution in [3.05, 3.63) is 27.7 Å². The highest BCUT2D eigenvalue weighted by Crippen LogP contribution is 2.28. The summed E-state index contributed by atoms with van der Waals surface area (Å²) in [5, 5.41) is 0.642. The van der Waals surface area contributed by atoms with Crippen LogP contribution in [0.15, 0.2) is 22.7 Å². The molecule has 0 spiro atoms. The number of thiol groups is 1. The summed E-state index contributed by atoms with van der Waals surface area (Å²) in [5.74, 6) is 2.09. The van der Waals surface area contributed by atoms with Gasteiger partial charge in [0.15, 0.2) is 0 Å². The predicted octanol–water partition coefficient (Wildman–Crippen LogP) is 4.83. The van der Waals surface area contributed by atoms with Crippen LogP contribution < -0.4 is 4.74 Å². The van der Waals surface area contributed by atoms with Gasteiger partial charge in [-0.2, -0.15) is 12.6 Å². The second-order valence-corrected chi connectivity index (χ2v) is 5.41. The average molecular weight is 324 g/mol. The van der Waals surface area contributed by atoms with Gasteiger partial charge in [0, 0.05) is 10.4 Å². The Morgan fingerprint density at radius 1 is 1.50 bits per heavy atom. The third-order valence-corrected chi connectivity index (χ3v) is 3.63. The van der Waals surface area contributed by atoms with Gasteiger partial charge in [0.2, 0.25) is 0 Å². The molecule has 0 saturated heterocycles. The molecule has 0 bridgehead atoms. The summed E-state index contributed by atoms with van der Waals surface area (Å²) in [6.45, 7) is 2.85. The maximum atomic E-state index is 6.06. The normalized spacial score (nSPS) is 12.5. The van der Waals surface area contributed by atoms with Gasteiger partial charge in [0.25, 0.3) is 0 Å². The minimum absolute atomic E-state index is 0.494. The summed E-state index contributed by atoms with van der Waals surface area (Å²) in [4.78, 5) is 0. The molecule has 0 heterocycles. The van der Waals surface area contributed by atoms with E-state index in [1.165, 1.54) is 0 Å². The largest absolute Gasteiger partial charge is 0.492 e. The molecule has 0 N–H and O–H groups in total. The second kappa shape index (κ2) is 7.46. The van der Waals surface area contributed by atoms with E-state index in [2.05, 4.69) is 35.5 Å². The third-order valence-electron chi connectivity index (χ3n) is 2.32. The van der Waals surface area contributed by atoms with E-state index in [0.29, 0.717) is 17.5 Å². The van der Waals surface area contributed by atoms with Gasteiger partial charge in [-0.05, 0) is 30.4 Å². The van der Waals surface area contributed by atoms with E-state index < -0.39 is 0 Å². The zero-order valence-corrected chi connectivity index (χ0v) is 12.5. The molecule has 0 amide bonds. The van der Waals surface area contributed by atoms with E-state index in [9.17, 15) is 0 Å². The molecule has 1 aromatic rings. The lowest BCUT2D eigenvalue weighted by Crippen LogP contribution is -2.13. The lowest BCUT2D eigenvalue weighted by Gasteiger charge is -2.15. The van der Waals surface area contributed by atoms with Crippen molar-refractivity contribution in [2.75, 3.05) is 12.4 Å². The van der Waals surface area contributed by atoms with E-state index in [1.807, 2.05) is 18.2 Å². The van der Waals surface area contributed by atoms with Crippen molar-refractivity contribution in [2.24, 2.45) is 5.92 Å². The molecule has 0 aromatic heterocycles. The maximum absolute atomic E-state index is 6.06. The fourth-order valence-corrected chi connectivity index (χ4v) is 2.45. The molecule has 0 aliphatic heterocycles. The van der Waals surface area contributed by atoms with Crippen LogP contribution in [0.1, 0.15) is 19.8 Å². The molecule has 4 heteroatoms. The molecule has 0 aliphatic rings. The Morgan fingerprint density at radius 2 is 2.25 bits per heavy atom. The molecule has 90 valence electrons. The Bertz CT molecular complexity index is 333. The highest BCUT2D eigenvalue weighted by molar-refractivity contribution is 9.10. The molecule has 0 radical (unpaired) electrons. The van der Waals surface area contributed by atoms with Crippen molar-refractivity contribution in [1.29, 1.82) is 0 Å². The molecule has 1 atom stereocenters. The first kappa shape index (κ1) is 14.2. The smallest absolute Gasteiger partial charge is 0.137 e. The quantitative estimate of drug-likeness (QED) is 0.738. The topological polar surface area (TPSA) is 9.23 Å². The number of halogens is 2. The first-order chi connectivity index (χ1) is 7.67. The second-order valence-electron chi connectivity index (χ2n) is 3.72. The number of ether oxygens (including phenoxy) is 1. The molecule has 1 unspecified atom stereocenters. The van der Waals surface area contributed by atoms with Crippen LogP contribution in [0.5, 0.6) is 5.75 Å². The monoisotopic (exact) mass is 322 g/mol. The summed E-state index contributed by atoms with van der Waals surface area (Å²) in [6, 6.07) is 5.65. The minimum atomic E-state index is 0.494. The summed E-state index contributed by atoms with van der Waals surface area (Å²) in [6.07, 6.45) is 2.29. The highest BCUT2D eigenvalue weighted by Gasteiger charge is 2.08. The van der Waals surface area contributed by atoms with E-state index >= 15 is 0 Å². The maximum Gasteiger partial charge on any atom is 0.137 e. The van der Waals surface area contributed by atoms with Gasteiger partial charge in [-0.25, -0.2) is 0 Å². The zero-order chi connectivity index (χ0) is 12.0. The fourth-order valence-electron chi connectivity index (χ4n) is 1.44. The van der Waals surface area contributed by atoms with Crippen molar-refractivity contribution in [3.8, 4) is 5.75 Å². The van der Waals surface area contributed by atoms with Gasteiger partial charge in [-0.15, -0.1) is 0 Å². The Morgan fingerprint density at radius 3 is 2.81 bits per heavy atom. The van der Waals surface area contributed by atoms with Crippen LogP contribution in [0.25, 0.3) is 0 Å². The van der Waals surface area contributed by atoms with Gasteiger partial charge < -0.3 is 4.74 Å². The standard InChI is InChI=1S/C12H16BrClOS/c1-2-3-9(8-16)7-15-12-5-4-10(13)6-11(12)14/h4-6,9,16H,2-3,7-8H2,1H3. The molecule has 1 rings (SSSR count). The van der Waals surface area contributed by atoms with E-state index in [0.717, 1.165) is 28.8 Å². The van der Waals surface area contributed by atoms with Crippen LogP contribution in [-0.4, -0.2) is 12.4 Å². The first-order valence-electron chi connectivity index (χ1n) is 5.36. The number of hydrogen-bond acceptors (Lipinski definition) is 2. The van der Waals surface area contributed by atoms with Crippen LogP contribution in [0.3, 0.4) is 0 Å². The Kier molecular flexibility index (Phi) is 6.62. The van der Waals surface area contributed by atoms with Gasteiger partial charge in [0.1, 0.15) is 5.75 Å². The third kappa shape index (κ3) is 4.56. The molecule has 0 aliphatic carbocycles. The first-order valence-corrected chi connectivity index (χ1v) is 7.16. The van der Waals surface area contributed by atoms with Crippen molar-refractivity contribution < 1.29 is 4.74 Å². The fraction of sp³-hybridized carbons (Fsp3) is 0.500. The van der Waals surface area contributed by atoms with Crippen LogP contribution >= 0.6 is 40.2 Å². The van der Waals surface area contributed by atoms with Crippen molar-refractivity contribution >= 4 is 40.2 Å². The van der Waals surface area contributed by atoms with Crippen molar-refractivity contribution in [2.45, 2.75) is 19.8 Å². The molecule has 0 saturated carbocycles. The number of benzene rings is 1. The van der Waals surface area contributed by atoms with E-state index in [4.69, 9.17) is 16.3 Å². The molecular weight excluding hydrogens is 308 g/mol. The van der Waals surface area contributed by atoms with Crippen molar-refractivity contribution in [3.63, 3.8) is 0 Å². The zero-order valence-electron chi connectivity index (χ0n) is 9.25. The van der Waals surface area contributed by atoms with Gasteiger partial charge >= 0.3 is 0 Å². The molecule has 0 fully saturated rings.